The highest BCUT2D eigenvalue weighted by Crippen LogP contribution is 2.20. The highest BCUT2D eigenvalue weighted by atomic mass is 32.2. The Kier molecular flexibility index (Phi) is 3.09. The molecule has 0 radical (unpaired) electrons. The quantitative estimate of drug-likeness (QED) is 0.714. The molecule has 0 aliphatic rings. The molecular formula is C7H9N5O3S2. The monoisotopic (exact) mass is 275 g/mol. The average molecular weight is 275 g/mol. The summed E-state index contributed by atoms with van der Waals surface area (Å²) in [6.45, 7) is 1.22. The lowest BCUT2D eigenvalue weighted by atomic mass is 10.3. The summed E-state index contributed by atoms with van der Waals surface area (Å²) in [5.74, 6) is 0. The van der Waals surface area contributed by atoms with Crippen LogP contribution in [0.4, 0.5) is 5.13 Å². The van der Waals surface area contributed by atoms with E-state index in [0.717, 1.165) is 11.3 Å². The van der Waals surface area contributed by atoms with Crippen molar-refractivity contribution in [1.82, 2.24) is 20.4 Å². The van der Waals surface area contributed by atoms with Gasteiger partial charge in [0.25, 0.3) is 10.0 Å². The first-order valence-electron chi connectivity index (χ1n) is 4.48. The number of nitrogens with zero attached hydrogens (tertiary/aromatic N) is 3. The average Bonchev–Trinajstić information content (AvgIpc) is 2.86. The highest BCUT2D eigenvalue weighted by Gasteiger charge is 2.24. The Labute approximate surface area is 101 Å². The normalized spacial score (nSPS) is 11.6. The van der Waals surface area contributed by atoms with Gasteiger partial charge in [-0.15, -0.1) is 10.2 Å². The van der Waals surface area contributed by atoms with Gasteiger partial charge in [-0.3, -0.25) is 9.82 Å². The minimum absolute atomic E-state index is 0.148. The molecule has 8 nitrogen and oxygen atoms in total. The second kappa shape index (κ2) is 4.39. The number of aryl methyl sites for hydroxylation is 1. The fourth-order valence-electron chi connectivity index (χ4n) is 1.22. The van der Waals surface area contributed by atoms with E-state index in [1.807, 2.05) is 0 Å². The SMILES string of the molecule is Cc1[nH]nc(S(=O)(=O)Nc2nncs2)c1CO. The summed E-state index contributed by atoms with van der Waals surface area (Å²) in [6, 6.07) is 0. The number of aliphatic hydroxyl groups is 1. The van der Waals surface area contributed by atoms with E-state index < -0.39 is 16.6 Å². The Morgan fingerprint density at radius 2 is 2.35 bits per heavy atom. The van der Waals surface area contributed by atoms with Crippen LogP contribution < -0.4 is 4.72 Å². The van der Waals surface area contributed by atoms with Gasteiger partial charge in [-0.1, -0.05) is 11.3 Å². The maximum absolute atomic E-state index is 11.9. The summed E-state index contributed by atoms with van der Waals surface area (Å²) in [6.07, 6.45) is 0. The van der Waals surface area contributed by atoms with Gasteiger partial charge >= 0.3 is 0 Å². The van der Waals surface area contributed by atoms with Crippen molar-refractivity contribution in [2.45, 2.75) is 18.6 Å². The van der Waals surface area contributed by atoms with Gasteiger partial charge in [0, 0.05) is 11.3 Å². The molecule has 10 heteroatoms. The molecule has 0 saturated carbocycles. The van der Waals surface area contributed by atoms with Crippen LogP contribution in [-0.2, 0) is 16.6 Å². The van der Waals surface area contributed by atoms with Gasteiger partial charge in [0.2, 0.25) is 10.2 Å². The zero-order chi connectivity index (χ0) is 12.5. The Hall–Kier alpha value is -1.52. The van der Waals surface area contributed by atoms with E-state index in [1.165, 1.54) is 5.51 Å². The van der Waals surface area contributed by atoms with Gasteiger partial charge in [0.1, 0.15) is 5.51 Å². The molecule has 17 heavy (non-hydrogen) atoms. The number of nitrogens with one attached hydrogen (secondary N) is 2. The van der Waals surface area contributed by atoms with Gasteiger partial charge in [-0.2, -0.15) is 13.5 Å². The molecule has 0 amide bonds. The van der Waals surface area contributed by atoms with E-state index in [4.69, 9.17) is 5.11 Å². The molecule has 0 aliphatic carbocycles. The molecule has 3 N–H and O–H groups in total. The van der Waals surface area contributed by atoms with Gasteiger partial charge < -0.3 is 5.11 Å². The molecule has 92 valence electrons. The molecule has 0 bridgehead atoms. The molecule has 0 atom stereocenters. The highest BCUT2D eigenvalue weighted by molar-refractivity contribution is 7.92. The molecule has 0 aliphatic heterocycles. The maximum Gasteiger partial charge on any atom is 0.283 e. The number of aliphatic hydroxyl groups excluding tert-OH is 1. The summed E-state index contributed by atoms with van der Waals surface area (Å²) >= 11 is 1.05. The molecule has 0 saturated heterocycles. The van der Waals surface area contributed by atoms with Crippen LogP contribution in [0.15, 0.2) is 10.5 Å². The Bertz CT molecular complexity index is 603. The maximum atomic E-state index is 11.9. The van der Waals surface area contributed by atoms with Crippen LogP contribution in [0.5, 0.6) is 0 Å². The second-order valence-corrected chi connectivity index (χ2v) is 5.57. The van der Waals surface area contributed by atoms with Crippen LogP contribution in [0, 0.1) is 6.92 Å². The molecule has 0 unspecified atom stereocenters. The van der Waals surface area contributed by atoms with Crippen molar-refractivity contribution < 1.29 is 13.5 Å². The fourth-order valence-corrected chi connectivity index (χ4v) is 3.10. The Morgan fingerprint density at radius 3 is 2.94 bits per heavy atom. The van der Waals surface area contributed by atoms with E-state index in [-0.39, 0.29) is 15.7 Å². The molecule has 2 aromatic heterocycles. The zero-order valence-electron chi connectivity index (χ0n) is 8.71. The number of rotatable bonds is 4. The summed E-state index contributed by atoms with van der Waals surface area (Å²) in [5, 5.41) is 22.3. The smallest absolute Gasteiger partial charge is 0.283 e. The predicted molar refractivity (Wildman–Crippen MR) is 60.0 cm³/mol. The first-order chi connectivity index (χ1) is 8.04. The minimum Gasteiger partial charge on any atom is -0.392 e. The van der Waals surface area contributed by atoms with Crippen LogP contribution in [0.25, 0.3) is 0 Å². The first kappa shape index (κ1) is 12.0. The number of aromatic amines is 1. The number of anilines is 1. The standard InChI is InChI=1S/C7H9N5O3S2/c1-4-5(2-13)6(10-9-4)17(14,15)12-7-11-8-3-16-7/h3,13H,2H2,1H3,(H,9,10)(H,11,12). The topological polar surface area (TPSA) is 121 Å². The zero-order valence-corrected chi connectivity index (χ0v) is 10.3. The predicted octanol–water partition coefficient (Wildman–Crippen LogP) is -0.137. The van der Waals surface area contributed by atoms with Crippen molar-refractivity contribution in [3.63, 3.8) is 0 Å². The van der Waals surface area contributed by atoms with Crippen LogP contribution in [0.1, 0.15) is 11.3 Å². The Morgan fingerprint density at radius 1 is 1.59 bits per heavy atom. The van der Waals surface area contributed by atoms with Crippen molar-refractivity contribution in [1.29, 1.82) is 0 Å². The van der Waals surface area contributed by atoms with Crippen LogP contribution in [-0.4, -0.2) is 33.9 Å². The third-order valence-electron chi connectivity index (χ3n) is 2.03. The molecule has 2 aromatic rings. The third-order valence-corrected chi connectivity index (χ3v) is 4.08. The molecule has 0 aromatic carbocycles. The number of sulfonamides is 1. The largest absolute Gasteiger partial charge is 0.392 e. The van der Waals surface area contributed by atoms with Gasteiger partial charge in [-0.25, -0.2) is 0 Å². The molecule has 2 heterocycles. The number of aromatic nitrogens is 4. The summed E-state index contributed by atoms with van der Waals surface area (Å²) in [7, 11) is -3.85. The van der Waals surface area contributed by atoms with Crippen molar-refractivity contribution in [2.75, 3.05) is 4.72 Å². The van der Waals surface area contributed by atoms with Crippen LogP contribution >= 0.6 is 11.3 Å². The Balaban J connectivity index is 2.38. The van der Waals surface area contributed by atoms with Gasteiger partial charge in [0.15, 0.2) is 0 Å². The third kappa shape index (κ3) is 2.28. The molecule has 0 fully saturated rings. The van der Waals surface area contributed by atoms with Gasteiger partial charge in [-0.05, 0) is 6.92 Å². The van der Waals surface area contributed by atoms with Crippen molar-refractivity contribution in [2.24, 2.45) is 0 Å². The van der Waals surface area contributed by atoms with E-state index in [1.54, 1.807) is 6.92 Å². The van der Waals surface area contributed by atoms with E-state index >= 15 is 0 Å². The molecule has 2 rings (SSSR count). The first-order valence-corrected chi connectivity index (χ1v) is 6.84. The minimum atomic E-state index is -3.85. The van der Waals surface area contributed by atoms with Crippen LogP contribution in [0.2, 0.25) is 0 Å². The fraction of sp³-hybridized carbons (Fsp3) is 0.286. The van der Waals surface area contributed by atoms with E-state index in [2.05, 4.69) is 25.1 Å². The van der Waals surface area contributed by atoms with E-state index in [9.17, 15) is 8.42 Å². The number of H-pyrrole nitrogens is 1. The summed E-state index contributed by atoms with van der Waals surface area (Å²) in [5.41, 5.74) is 2.15. The number of hydrogen-bond acceptors (Lipinski definition) is 7. The second-order valence-electron chi connectivity index (χ2n) is 3.14. The van der Waals surface area contributed by atoms with Gasteiger partial charge in [0.05, 0.1) is 6.61 Å². The number of hydrogen-bond donors (Lipinski definition) is 3. The molecule has 0 spiro atoms. The van der Waals surface area contributed by atoms with Crippen molar-refractivity contribution in [3.05, 3.63) is 16.8 Å². The lowest BCUT2D eigenvalue weighted by molar-refractivity contribution is 0.277. The summed E-state index contributed by atoms with van der Waals surface area (Å²) < 4.78 is 26.1. The molecular weight excluding hydrogens is 266 g/mol. The lowest BCUT2D eigenvalue weighted by Gasteiger charge is -2.03. The lowest BCUT2D eigenvalue weighted by Crippen LogP contribution is -2.15. The van der Waals surface area contributed by atoms with Crippen molar-refractivity contribution in [3.8, 4) is 0 Å². The van der Waals surface area contributed by atoms with Crippen molar-refractivity contribution >= 4 is 26.5 Å². The summed E-state index contributed by atoms with van der Waals surface area (Å²) in [4.78, 5) is 0. The van der Waals surface area contributed by atoms with Crippen LogP contribution in [0.3, 0.4) is 0 Å². The van der Waals surface area contributed by atoms with E-state index in [0.29, 0.717) is 5.69 Å².